The number of nitrogens with zero attached hydrogens (tertiary/aromatic N) is 2. The van der Waals surface area contributed by atoms with Crippen molar-refractivity contribution in [1.29, 1.82) is 0 Å². The first-order valence-electron chi connectivity index (χ1n) is 6.18. The lowest BCUT2D eigenvalue weighted by Crippen LogP contribution is -2.38. The smallest absolute Gasteiger partial charge is 0.239 e. The minimum absolute atomic E-state index is 0.0936. The molecule has 1 aromatic heterocycles. The van der Waals surface area contributed by atoms with Crippen molar-refractivity contribution in [2.45, 2.75) is 12.5 Å². The van der Waals surface area contributed by atoms with Gasteiger partial charge in [-0.1, -0.05) is 11.6 Å². The summed E-state index contributed by atoms with van der Waals surface area (Å²) < 4.78 is 22.8. The van der Waals surface area contributed by atoms with Gasteiger partial charge in [0, 0.05) is 12.2 Å². The number of rotatable bonds is 4. The summed E-state index contributed by atoms with van der Waals surface area (Å²) in [5.74, 6) is 0.511. The van der Waals surface area contributed by atoms with Gasteiger partial charge in [-0.2, -0.15) is 0 Å². The molecule has 1 fully saturated rings. The second kappa shape index (κ2) is 6.07. The van der Waals surface area contributed by atoms with Gasteiger partial charge < -0.3 is 5.32 Å². The highest BCUT2D eigenvalue weighted by Crippen LogP contribution is 2.16. The van der Waals surface area contributed by atoms with Gasteiger partial charge in [0.25, 0.3) is 0 Å². The Hall–Kier alpha value is -1.18. The number of halogens is 1. The molecule has 1 aliphatic rings. The zero-order chi connectivity index (χ0) is 14.8. The highest BCUT2D eigenvalue weighted by atomic mass is 35.5. The average molecular weight is 318 g/mol. The van der Waals surface area contributed by atoms with Crippen LogP contribution in [0.2, 0.25) is 5.02 Å². The van der Waals surface area contributed by atoms with Crippen LogP contribution in [0.4, 0.5) is 5.82 Å². The van der Waals surface area contributed by atoms with Crippen molar-refractivity contribution < 1.29 is 13.2 Å². The largest absolute Gasteiger partial charge is 0.310 e. The van der Waals surface area contributed by atoms with E-state index in [-0.39, 0.29) is 30.0 Å². The van der Waals surface area contributed by atoms with E-state index in [1.807, 2.05) is 0 Å². The summed E-state index contributed by atoms with van der Waals surface area (Å²) >= 11 is 5.71. The Bertz CT molecular complexity index is 588. The van der Waals surface area contributed by atoms with Crippen LogP contribution < -0.4 is 5.32 Å². The normalized spacial score (nSPS) is 21.1. The number of nitrogens with one attached hydrogen (secondary N) is 1. The predicted molar refractivity (Wildman–Crippen MR) is 77.6 cm³/mol. The van der Waals surface area contributed by atoms with E-state index in [0.29, 0.717) is 17.3 Å². The Morgan fingerprint density at radius 1 is 1.55 bits per heavy atom. The number of carbonyl (C=O) groups excluding carboxylic acids is 1. The molecule has 2 rings (SSSR count). The summed E-state index contributed by atoms with van der Waals surface area (Å²) in [7, 11) is -1.19. The van der Waals surface area contributed by atoms with E-state index in [4.69, 9.17) is 11.6 Å². The van der Waals surface area contributed by atoms with Gasteiger partial charge in [-0.05, 0) is 25.6 Å². The van der Waals surface area contributed by atoms with Crippen LogP contribution in [-0.4, -0.2) is 55.3 Å². The van der Waals surface area contributed by atoms with Gasteiger partial charge in [0.15, 0.2) is 9.84 Å². The molecule has 20 heavy (non-hydrogen) atoms. The zero-order valence-corrected chi connectivity index (χ0v) is 12.6. The number of hydrogen-bond donors (Lipinski definition) is 1. The van der Waals surface area contributed by atoms with Gasteiger partial charge in [0.05, 0.1) is 23.1 Å². The maximum Gasteiger partial charge on any atom is 0.239 e. The fourth-order valence-electron chi connectivity index (χ4n) is 2.11. The van der Waals surface area contributed by atoms with Crippen molar-refractivity contribution in [3.8, 4) is 0 Å². The van der Waals surface area contributed by atoms with Gasteiger partial charge in [0.1, 0.15) is 5.82 Å². The van der Waals surface area contributed by atoms with Crippen molar-refractivity contribution in [2.24, 2.45) is 0 Å². The topological polar surface area (TPSA) is 79.4 Å². The second-order valence-corrected chi connectivity index (χ2v) is 7.55. The highest BCUT2D eigenvalue weighted by Gasteiger charge is 2.31. The monoisotopic (exact) mass is 317 g/mol. The summed E-state index contributed by atoms with van der Waals surface area (Å²) in [6, 6.07) is 3.15. The van der Waals surface area contributed by atoms with E-state index < -0.39 is 9.84 Å². The molecular weight excluding hydrogens is 302 g/mol. The first kappa shape index (κ1) is 15.2. The summed E-state index contributed by atoms with van der Waals surface area (Å²) in [5, 5.41) is 3.14. The van der Waals surface area contributed by atoms with Crippen molar-refractivity contribution in [2.75, 3.05) is 30.4 Å². The van der Waals surface area contributed by atoms with Crippen LogP contribution in [0.5, 0.6) is 0 Å². The SMILES string of the molecule is CN(CC(=O)Nc1ccc(Cl)cn1)[C@@H]1CCS(=O)(=O)C1. The van der Waals surface area contributed by atoms with Gasteiger partial charge in [-0.15, -0.1) is 0 Å². The van der Waals surface area contributed by atoms with E-state index in [1.165, 1.54) is 6.20 Å². The third-order valence-corrected chi connectivity index (χ3v) is 5.19. The molecule has 2 heterocycles. The van der Waals surface area contributed by atoms with Crippen LogP contribution in [0.3, 0.4) is 0 Å². The van der Waals surface area contributed by atoms with Crippen molar-refractivity contribution in [3.05, 3.63) is 23.4 Å². The molecule has 1 atom stereocenters. The Labute approximate surface area is 123 Å². The molecule has 1 saturated heterocycles. The predicted octanol–water partition coefficient (Wildman–Crippen LogP) is 0.792. The number of likely N-dealkylation sites (N-methyl/N-ethyl adjacent to an activating group) is 1. The lowest BCUT2D eigenvalue weighted by molar-refractivity contribution is -0.117. The zero-order valence-electron chi connectivity index (χ0n) is 11.0. The molecule has 1 N–H and O–H groups in total. The van der Waals surface area contributed by atoms with Gasteiger partial charge >= 0.3 is 0 Å². The minimum atomic E-state index is -2.94. The van der Waals surface area contributed by atoms with E-state index >= 15 is 0 Å². The number of hydrogen-bond acceptors (Lipinski definition) is 5. The highest BCUT2D eigenvalue weighted by molar-refractivity contribution is 7.91. The average Bonchev–Trinajstić information content (AvgIpc) is 2.73. The fourth-order valence-corrected chi connectivity index (χ4v) is 4.03. The number of aromatic nitrogens is 1. The molecule has 1 aromatic rings. The third-order valence-electron chi connectivity index (χ3n) is 3.22. The van der Waals surface area contributed by atoms with E-state index in [1.54, 1.807) is 24.1 Å². The molecule has 6 nitrogen and oxygen atoms in total. The molecular formula is C12H16ClN3O3S. The molecule has 0 unspecified atom stereocenters. The maximum atomic E-state index is 11.9. The third kappa shape index (κ3) is 4.16. The second-order valence-electron chi connectivity index (χ2n) is 4.88. The Balaban J connectivity index is 1.87. The summed E-state index contributed by atoms with van der Waals surface area (Å²) in [4.78, 5) is 17.6. The minimum Gasteiger partial charge on any atom is -0.310 e. The summed E-state index contributed by atoms with van der Waals surface area (Å²) in [5.41, 5.74) is 0. The maximum absolute atomic E-state index is 11.9. The Kier molecular flexibility index (Phi) is 4.62. The van der Waals surface area contributed by atoms with E-state index in [2.05, 4.69) is 10.3 Å². The number of sulfone groups is 1. The van der Waals surface area contributed by atoms with E-state index in [0.717, 1.165) is 0 Å². The Morgan fingerprint density at radius 3 is 2.85 bits per heavy atom. The van der Waals surface area contributed by atoms with Crippen LogP contribution >= 0.6 is 11.6 Å². The molecule has 0 saturated carbocycles. The van der Waals surface area contributed by atoms with Crippen molar-refractivity contribution in [3.63, 3.8) is 0 Å². The first-order valence-corrected chi connectivity index (χ1v) is 8.38. The van der Waals surface area contributed by atoms with Crippen LogP contribution in [0.1, 0.15) is 6.42 Å². The Morgan fingerprint density at radius 2 is 2.30 bits per heavy atom. The molecule has 110 valence electrons. The van der Waals surface area contributed by atoms with Crippen molar-refractivity contribution in [1.82, 2.24) is 9.88 Å². The van der Waals surface area contributed by atoms with Gasteiger partial charge in [-0.3, -0.25) is 9.69 Å². The molecule has 1 aliphatic heterocycles. The van der Waals surface area contributed by atoms with Gasteiger partial charge in [-0.25, -0.2) is 13.4 Å². The number of anilines is 1. The van der Waals surface area contributed by atoms with Crippen LogP contribution in [0.25, 0.3) is 0 Å². The molecule has 8 heteroatoms. The molecule has 0 radical (unpaired) electrons. The molecule has 0 aliphatic carbocycles. The molecule has 0 spiro atoms. The molecule has 1 amide bonds. The van der Waals surface area contributed by atoms with Crippen molar-refractivity contribution >= 4 is 33.2 Å². The van der Waals surface area contributed by atoms with Crippen LogP contribution in [-0.2, 0) is 14.6 Å². The summed E-state index contributed by atoms with van der Waals surface area (Å²) in [6.07, 6.45) is 2.02. The lowest BCUT2D eigenvalue weighted by atomic mass is 10.2. The van der Waals surface area contributed by atoms with Gasteiger partial charge in [0.2, 0.25) is 5.91 Å². The fraction of sp³-hybridized carbons (Fsp3) is 0.500. The first-order chi connectivity index (χ1) is 9.35. The molecule has 0 bridgehead atoms. The standard InChI is InChI=1S/C12H16ClN3O3S/c1-16(10-4-5-20(18,19)8-10)7-12(17)15-11-3-2-9(13)6-14-11/h2-3,6,10H,4-5,7-8H2,1H3,(H,14,15,17)/t10-/m1/s1. The number of amides is 1. The van der Waals surface area contributed by atoms with Crippen LogP contribution in [0.15, 0.2) is 18.3 Å². The molecule has 0 aromatic carbocycles. The van der Waals surface area contributed by atoms with E-state index in [9.17, 15) is 13.2 Å². The number of carbonyl (C=O) groups is 1. The summed E-state index contributed by atoms with van der Waals surface area (Å²) in [6.45, 7) is 0.129. The van der Waals surface area contributed by atoms with Crippen LogP contribution in [0, 0.1) is 0 Å². The quantitative estimate of drug-likeness (QED) is 0.888. The lowest BCUT2D eigenvalue weighted by Gasteiger charge is -2.22. The number of pyridine rings is 1.